The fraction of sp³-hybridized carbons (Fsp3) is 0.350. The van der Waals surface area contributed by atoms with Crippen LogP contribution >= 0.6 is 11.6 Å². The Morgan fingerprint density at radius 2 is 2.04 bits per heavy atom. The first-order valence-electron chi connectivity index (χ1n) is 8.54. The monoisotopic (exact) mass is 339 g/mol. The fourth-order valence-corrected chi connectivity index (χ4v) is 4.09. The number of pyridine rings is 1. The molecule has 0 unspecified atom stereocenters. The second kappa shape index (κ2) is 6.23. The number of para-hydroxylation sites is 1. The van der Waals surface area contributed by atoms with Crippen molar-refractivity contribution in [1.29, 1.82) is 0 Å². The van der Waals surface area contributed by atoms with E-state index in [1.54, 1.807) is 0 Å². The first-order chi connectivity index (χ1) is 11.6. The number of nitrogens with zero attached hydrogens (tertiary/aromatic N) is 3. The van der Waals surface area contributed by atoms with Crippen LogP contribution < -0.4 is 0 Å². The van der Waals surface area contributed by atoms with Crippen LogP contribution in [0.5, 0.6) is 0 Å². The molecule has 0 radical (unpaired) electrons. The predicted molar refractivity (Wildman–Crippen MR) is 99.3 cm³/mol. The zero-order valence-corrected chi connectivity index (χ0v) is 14.9. The van der Waals surface area contributed by atoms with Crippen molar-refractivity contribution in [2.24, 2.45) is 7.05 Å². The number of likely N-dealkylation sites (tertiary alicyclic amines) is 1. The fourth-order valence-electron chi connectivity index (χ4n) is 3.89. The van der Waals surface area contributed by atoms with Gasteiger partial charge in [-0.3, -0.25) is 4.90 Å². The molecule has 3 nitrogen and oxygen atoms in total. The van der Waals surface area contributed by atoms with E-state index in [2.05, 4.69) is 53.9 Å². The molecule has 1 atom stereocenters. The second-order valence-electron chi connectivity index (χ2n) is 6.69. The van der Waals surface area contributed by atoms with Crippen LogP contribution in [0.3, 0.4) is 0 Å². The summed E-state index contributed by atoms with van der Waals surface area (Å²) < 4.78 is 2.23. The Balaban J connectivity index is 1.69. The molecule has 124 valence electrons. The lowest BCUT2D eigenvalue weighted by Gasteiger charge is -2.25. The molecule has 1 fully saturated rings. The molecular weight excluding hydrogens is 318 g/mol. The number of benzene rings is 1. The summed E-state index contributed by atoms with van der Waals surface area (Å²) in [5.41, 5.74) is 4.53. The van der Waals surface area contributed by atoms with Crippen LogP contribution in [0.25, 0.3) is 10.9 Å². The Hall–Kier alpha value is -1.84. The van der Waals surface area contributed by atoms with Crippen molar-refractivity contribution < 1.29 is 0 Å². The largest absolute Gasteiger partial charge is 0.353 e. The molecule has 0 saturated carbocycles. The molecule has 0 N–H and O–H groups in total. The van der Waals surface area contributed by atoms with Crippen LogP contribution in [0, 0.1) is 6.92 Å². The van der Waals surface area contributed by atoms with Crippen LogP contribution in [-0.4, -0.2) is 21.0 Å². The van der Waals surface area contributed by atoms with E-state index in [1.807, 2.05) is 12.1 Å². The molecular formula is C20H22ClN3. The van der Waals surface area contributed by atoms with Crippen LogP contribution in [-0.2, 0) is 13.6 Å². The molecule has 3 aromatic rings. The highest BCUT2D eigenvalue weighted by Crippen LogP contribution is 2.35. The molecule has 1 aliphatic heterocycles. The summed E-state index contributed by atoms with van der Waals surface area (Å²) in [6.07, 6.45) is 4.54. The first-order valence-corrected chi connectivity index (χ1v) is 8.92. The maximum Gasteiger partial charge on any atom is 0.0740 e. The number of aryl methyl sites for hydroxylation is 2. The van der Waals surface area contributed by atoms with E-state index in [-0.39, 0.29) is 0 Å². The number of halogens is 1. The molecule has 4 rings (SSSR count). The number of hydrogen-bond donors (Lipinski definition) is 0. The number of hydrogen-bond acceptors (Lipinski definition) is 2. The molecule has 1 aliphatic rings. The van der Waals surface area contributed by atoms with E-state index in [0.717, 1.165) is 40.3 Å². The Kier molecular flexibility index (Phi) is 4.07. The standard InChI is InChI=1S/C20H22ClN3/c1-14-15-7-3-4-8-16(15)22-17(20(14)21)13-24-12-6-10-19(24)18-9-5-11-23(18)2/h3-5,7-9,11,19H,6,10,12-13H2,1-2H3/t19-/m0/s1. The summed E-state index contributed by atoms with van der Waals surface area (Å²) in [6.45, 7) is 3.99. The lowest BCUT2D eigenvalue weighted by molar-refractivity contribution is 0.238. The summed E-state index contributed by atoms with van der Waals surface area (Å²) in [7, 11) is 2.12. The van der Waals surface area contributed by atoms with Gasteiger partial charge >= 0.3 is 0 Å². The van der Waals surface area contributed by atoms with Gasteiger partial charge in [0.2, 0.25) is 0 Å². The van der Waals surface area contributed by atoms with Gasteiger partial charge in [-0.1, -0.05) is 29.8 Å². The van der Waals surface area contributed by atoms with Gasteiger partial charge in [-0.15, -0.1) is 0 Å². The van der Waals surface area contributed by atoms with Gasteiger partial charge in [0.15, 0.2) is 0 Å². The quantitative estimate of drug-likeness (QED) is 0.678. The minimum Gasteiger partial charge on any atom is -0.353 e. The van der Waals surface area contributed by atoms with E-state index in [4.69, 9.17) is 16.6 Å². The van der Waals surface area contributed by atoms with Crippen LogP contribution in [0.1, 0.15) is 35.8 Å². The Bertz CT molecular complexity index is 884. The van der Waals surface area contributed by atoms with Crippen molar-refractivity contribution in [2.75, 3.05) is 6.54 Å². The normalized spacial score (nSPS) is 18.5. The van der Waals surface area contributed by atoms with Gasteiger partial charge in [-0.25, -0.2) is 4.98 Å². The third kappa shape index (κ3) is 2.62. The van der Waals surface area contributed by atoms with Crippen LogP contribution in [0.15, 0.2) is 42.6 Å². The SMILES string of the molecule is Cc1c(Cl)c(CN2CCC[C@H]2c2cccn2C)nc2ccccc12. The van der Waals surface area contributed by atoms with Crippen molar-refractivity contribution in [1.82, 2.24) is 14.5 Å². The summed E-state index contributed by atoms with van der Waals surface area (Å²) in [5.74, 6) is 0. The van der Waals surface area contributed by atoms with Gasteiger partial charge in [0.05, 0.1) is 22.3 Å². The molecule has 1 aromatic carbocycles. The van der Waals surface area contributed by atoms with Gasteiger partial charge in [0, 0.05) is 30.9 Å². The number of rotatable bonds is 3. The minimum atomic E-state index is 0.453. The minimum absolute atomic E-state index is 0.453. The molecule has 24 heavy (non-hydrogen) atoms. The number of fused-ring (bicyclic) bond motifs is 1. The molecule has 4 heteroatoms. The van der Waals surface area contributed by atoms with Crippen molar-refractivity contribution in [3.8, 4) is 0 Å². The number of aromatic nitrogens is 2. The molecule has 0 spiro atoms. The lowest BCUT2D eigenvalue weighted by Crippen LogP contribution is -2.25. The third-order valence-corrected chi connectivity index (χ3v) is 5.69. The summed E-state index contributed by atoms with van der Waals surface area (Å²) >= 11 is 6.66. The van der Waals surface area contributed by atoms with Crippen LogP contribution in [0.4, 0.5) is 0 Å². The molecule has 0 aliphatic carbocycles. The average molecular weight is 340 g/mol. The van der Waals surface area contributed by atoms with E-state index >= 15 is 0 Å². The second-order valence-corrected chi connectivity index (χ2v) is 7.07. The Morgan fingerprint density at radius 3 is 2.83 bits per heavy atom. The van der Waals surface area contributed by atoms with E-state index < -0.39 is 0 Å². The summed E-state index contributed by atoms with van der Waals surface area (Å²) in [6, 6.07) is 13.0. The first kappa shape index (κ1) is 15.7. The van der Waals surface area contributed by atoms with E-state index in [9.17, 15) is 0 Å². The molecule has 0 bridgehead atoms. The van der Waals surface area contributed by atoms with Crippen LogP contribution in [0.2, 0.25) is 5.02 Å². The molecule has 3 heterocycles. The zero-order chi connectivity index (χ0) is 16.7. The molecule has 0 amide bonds. The van der Waals surface area contributed by atoms with Crippen molar-refractivity contribution >= 4 is 22.5 Å². The molecule has 1 saturated heterocycles. The topological polar surface area (TPSA) is 21.1 Å². The Morgan fingerprint density at radius 1 is 1.21 bits per heavy atom. The summed E-state index contributed by atoms with van der Waals surface area (Å²) in [4.78, 5) is 7.37. The van der Waals surface area contributed by atoms with Gasteiger partial charge in [0.25, 0.3) is 0 Å². The van der Waals surface area contributed by atoms with Crippen molar-refractivity contribution in [3.05, 3.63) is 64.6 Å². The van der Waals surface area contributed by atoms with Crippen molar-refractivity contribution in [2.45, 2.75) is 32.4 Å². The van der Waals surface area contributed by atoms with E-state index in [0.29, 0.717) is 6.04 Å². The lowest BCUT2D eigenvalue weighted by atomic mass is 10.1. The van der Waals surface area contributed by atoms with E-state index in [1.165, 1.54) is 18.5 Å². The summed E-state index contributed by atoms with van der Waals surface area (Å²) in [5, 5.41) is 1.96. The predicted octanol–water partition coefficient (Wildman–Crippen LogP) is 4.87. The van der Waals surface area contributed by atoms with Gasteiger partial charge in [-0.05, 0) is 50.1 Å². The zero-order valence-electron chi connectivity index (χ0n) is 14.2. The van der Waals surface area contributed by atoms with Gasteiger partial charge in [-0.2, -0.15) is 0 Å². The van der Waals surface area contributed by atoms with Gasteiger partial charge in [0.1, 0.15) is 0 Å². The van der Waals surface area contributed by atoms with Crippen molar-refractivity contribution in [3.63, 3.8) is 0 Å². The third-order valence-electron chi connectivity index (χ3n) is 5.19. The highest BCUT2D eigenvalue weighted by atomic mass is 35.5. The average Bonchev–Trinajstić information content (AvgIpc) is 3.21. The highest BCUT2D eigenvalue weighted by Gasteiger charge is 2.28. The maximum atomic E-state index is 6.66. The molecule has 2 aromatic heterocycles. The maximum absolute atomic E-state index is 6.66. The van der Waals surface area contributed by atoms with Gasteiger partial charge < -0.3 is 4.57 Å². The Labute approximate surface area is 147 Å². The smallest absolute Gasteiger partial charge is 0.0740 e. The highest BCUT2D eigenvalue weighted by molar-refractivity contribution is 6.32.